The van der Waals surface area contributed by atoms with Crippen molar-refractivity contribution >= 4 is 23.2 Å². The molecule has 0 saturated carbocycles. The van der Waals surface area contributed by atoms with Gasteiger partial charge in [0.1, 0.15) is 24.2 Å². The van der Waals surface area contributed by atoms with Gasteiger partial charge in [0.2, 0.25) is 11.8 Å². The Bertz CT molecular complexity index is 1470. The lowest BCUT2D eigenvalue weighted by Gasteiger charge is -2.23. The maximum atomic E-state index is 15.3. The van der Waals surface area contributed by atoms with Crippen LogP contribution in [0.15, 0.2) is 59.0 Å². The molecule has 11 heteroatoms. The second-order valence-electron chi connectivity index (χ2n) is 8.45. The summed E-state index contributed by atoms with van der Waals surface area (Å²) in [5.74, 6) is 0.501. The number of nitrogens with one attached hydrogen (secondary N) is 1. The van der Waals surface area contributed by atoms with Gasteiger partial charge in [-0.1, -0.05) is 29.3 Å². The molecule has 1 fully saturated rings. The summed E-state index contributed by atoms with van der Waals surface area (Å²) in [6.07, 6.45) is 0.0312. The number of nitriles is 1. The van der Waals surface area contributed by atoms with Crippen molar-refractivity contribution in [1.29, 1.82) is 5.26 Å². The first-order valence-corrected chi connectivity index (χ1v) is 12.5. The minimum atomic E-state index is -0.686. The fourth-order valence-electron chi connectivity index (χ4n) is 3.82. The minimum absolute atomic E-state index is 0.0154. The second-order valence-corrected chi connectivity index (χ2v) is 9.29. The SMILES string of the molecule is N#Cc1cc(Cl)cc(Oc2c(Cl)ccc(Cc3nnc(-c4ccc(OC[C@H]5CNCCO5)cc4)o3)c2F)c1. The maximum absolute atomic E-state index is 15.3. The summed E-state index contributed by atoms with van der Waals surface area (Å²) in [7, 11) is 0. The monoisotopic (exact) mass is 554 g/mol. The molecule has 1 saturated heterocycles. The Morgan fingerprint density at radius 1 is 1.08 bits per heavy atom. The summed E-state index contributed by atoms with van der Waals surface area (Å²) in [6, 6.07) is 16.6. The fraction of sp³-hybridized carbons (Fsp3) is 0.222. The lowest BCUT2D eigenvalue weighted by Crippen LogP contribution is -2.41. The van der Waals surface area contributed by atoms with Crippen molar-refractivity contribution in [3.8, 4) is 34.8 Å². The van der Waals surface area contributed by atoms with E-state index >= 15 is 4.39 Å². The predicted molar refractivity (Wildman–Crippen MR) is 138 cm³/mol. The second kappa shape index (κ2) is 11.8. The van der Waals surface area contributed by atoms with Crippen molar-refractivity contribution in [3.05, 3.63) is 87.5 Å². The standard InChI is InChI=1S/C27H21Cl2FN4O4/c28-19-9-16(13-31)10-21(12-19)37-26-23(29)6-3-18(25(26)30)11-24-33-34-27(38-24)17-1-4-20(5-2-17)36-15-22-14-32-7-8-35-22/h1-6,9-10,12,22,32H,7-8,11,14-15H2/t22-/m1/s1. The predicted octanol–water partition coefficient (Wildman–Crippen LogP) is 5.80. The van der Waals surface area contributed by atoms with Crippen molar-refractivity contribution < 1.29 is 23.0 Å². The van der Waals surface area contributed by atoms with Crippen LogP contribution in [0.25, 0.3) is 11.5 Å². The van der Waals surface area contributed by atoms with Crippen LogP contribution >= 0.6 is 23.2 Å². The van der Waals surface area contributed by atoms with E-state index in [0.717, 1.165) is 13.1 Å². The molecule has 1 aliphatic heterocycles. The number of hydrogen-bond donors (Lipinski definition) is 1. The molecule has 1 aromatic heterocycles. The van der Waals surface area contributed by atoms with Crippen LogP contribution in [0.3, 0.4) is 0 Å². The van der Waals surface area contributed by atoms with Crippen LogP contribution in [0.5, 0.6) is 17.2 Å². The molecule has 1 N–H and O–H groups in total. The first kappa shape index (κ1) is 25.9. The highest BCUT2D eigenvalue weighted by Crippen LogP contribution is 2.36. The van der Waals surface area contributed by atoms with Crippen LogP contribution < -0.4 is 14.8 Å². The Hall–Kier alpha value is -3.68. The van der Waals surface area contributed by atoms with Crippen molar-refractivity contribution in [1.82, 2.24) is 15.5 Å². The zero-order valence-corrected chi connectivity index (χ0v) is 21.4. The topological polar surface area (TPSA) is 102 Å². The number of aromatic nitrogens is 2. The molecule has 194 valence electrons. The first-order valence-electron chi connectivity index (χ1n) is 11.7. The summed E-state index contributed by atoms with van der Waals surface area (Å²) in [5.41, 5.74) is 1.21. The number of ether oxygens (including phenoxy) is 3. The van der Waals surface area contributed by atoms with E-state index in [9.17, 15) is 0 Å². The Morgan fingerprint density at radius 3 is 2.68 bits per heavy atom. The zero-order chi connectivity index (χ0) is 26.5. The maximum Gasteiger partial charge on any atom is 0.247 e. The molecule has 2 heterocycles. The molecule has 1 atom stereocenters. The molecule has 0 unspecified atom stereocenters. The van der Waals surface area contributed by atoms with Gasteiger partial charge in [-0.15, -0.1) is 10.2 Å². The number of rotatable bonds is 8. The van der Waals surface area contributed by atoms with Gasteiger partial charge in [-0.05, 0) is 48.5 Å². The number of morpholine rings is 1. The number of hydrogen-bond acceptors (Lipinski definition) is 8. The third-order valence-corrected chi connectivity index (χ3v) is 6.22. The molecule has 0 spiro atoms. The smallest absolute Gasteiger partial charge is 0.247 e. The quantitative estimate of drug-likeness (QED) is 0.291. The molecular weight excluding hydrogens is 534 g/mol. The average Bonchev–Trinajstić information content (AvgIpc) is 3.40. The molecule has 5 rings (SSSR count). The van der Waals surface area contributed by atoms with Crippen LogP contribution in [0.1, 0.15) is 17.0 Å². The molecule has 0 amide bonds. The van der Waals surface area contributed by atoms with Gasteiger partial charge < -0.3 is 23.9 Å². The van der Waals surface area contributed by atoms with Gasteiger partial charge in [-0.2, -0.15) is 5.26 Å². The van der Waals surface area contributed by atoms with Gasteiger partial charge in [0, 0.05) is 29.2 Å². The fourth-order valence-corrected chi connectivity index (χ4v) is 4.23. The van der Waals surface area contributed by atoms with Crippen molar-refractivity contribution in [2.24, 2.45) is 0 Å². The van der Waals surface area contributed by atoms with Crippen LogP contribution in [0, 0.1) is 17.1 Å². The van der Waals surface area contributed by atoms with Gasteiger partial charge in [-0.25, -0.2) is 4.39 Å². The van der Waals surface area contributed by atoms with E-state index in [1.165, 1.54) is 30.3 Å². The number of halogens is 3. The molecule has 0 aliphatic carbocycles. The van der Waals surface area contributed by atoms with Crippen molar-refractivity contribution in [3.63, 3.8) is 0 Å². The highest BCUT2D eigenvalue weighted by Gasteiger charge is 2.19. The van der Waals surface area contributed by atoms with E-state index in [4.69, 9.17) is 47.1 Å². The van der Waals surface area contributed by atoms with Crippen molar-refractivity contribution in [2.45, 2.75) is 12.5 Å². The third-order valence-electron chi connectivity index (χ3n) is 5.70. The summed E-state index contributed by atoms with van der Waals surface area (Å²) in [5, 5.41) is 20.9. The van der Waals surface area contributed by atoms with E-state index in [2.05, 4.69) is 15.5 Å². The largest absolute Gasteiger partial charge is 0.491 e. The van der Waals surface area contributed by atoms with Crippen molar-refractivity contribution in [2.75, 3.05) is 26.3 Å². The molecule has 8 nitrogen and oxygen atoms in total. The van der Waals surface area contributed by atoms with Gasteiger partial charge in [-0.3, -0.25) is 0 Å². The molecule has 3 aromatic carbocycles. The molecule has 0 radical (unpaired) electrons. The van der Waals surface area contributed by atoms with Crippen LogP contribution in [-0.4, -0.2) is 42.6 Å². The van der Waals surface area contributed by atoms with E-state index in [1.54, 1.807) is 0 Å². The van der Waals surface area contributed by atoms with E-state index in [0.29, 0.717) is 30.4 Å². The Balaban J connectivity index is 1.27. The highest BCUT2D eigenvalue weighted by atomic mass is 35.5. The van der Waals surface area contributed by atoms with E-state index < -0.39 is 5.82 Å². The normalized spacial score (nSPS) is 15.2. The van der Waals surface area contributed by atoms with E-state index in [-0.39, 0.29) is 51.1 Å². The molecule has 4 aromatic rings. The van der Waals surface area contributed by atoms with Crippen LogP contribution in [0.4, 0.5) is 4.39 Å². The summed E-state index contributed by atoms with van der Waals surface area (Å²) in [6.45, 7) is 2.73. The van der Waals surface area contributed by atoms with Crippen LogP contribution in [0.2, 0.25) is 10.0 Å². The molecular formula is C27H21Cl2FN4O4. The van der Waals surface area contributed by atoms with Crippen LogP contribution in [-0.2, 0) is 11.2 Å². The molecule has 38 heavy (non-hydrogen) atoms. The minimum Gasteiger partial charge on any atom is -0.491 e. The average molecular weight is 555 g/mol. The van der Waals surface area contributed by atoms with Gasteiger partial charge in [0.05, 0.1) is 29.7 Å². The Kier molecular flexibility index (Phi) is 8.05. The van der Waals surface area contributed by atoms with Gasteiger partial charge >= 0.3 is 0 Å². The number of nitrogens with zero attached hydrogens (tertiary/aromatic N) is 3. The Morgan fingerprint density at radius 2 is 1.92 bits per heavy atom. The molecule has 0 bridgehead atoms. The zero-order valence-electron chi connectivity index (χ0n) is 19.9. The van der Waals surface area contributed by atoms with E-state index in [1.807, 2.05) is 30.3 Å². The molecule has 1 aliphatic rings. The van der Waals surface area contributed by atoms with Gasteiger partial charge in [0.15, 0.2) is 11.6 Å². The van der Waals surface area contributed by atoms with Gasteiger partial charge in [0.25, 0.3) is 0 Å². The lowest BCUT2D eigenvalue weighted by molar-refractivity contribution is 0.000197. The highest BCUT2D eigenvalue weighted by molar-refractivity contribution is 6.32. The summed E-state index contributed by atoms with van der Waals surface area (Å²) in [4.78, 5) is 0. The third kappa shape index (κ3) is 6.23. The number of benzene rings is 3. The Labute approximate surface area is 227 Å². The lowest BCUT2D eigenvalue weighted by atomic mass is 10.1. The first-order chi connectivity index (χ1) is 18.5. The summed E-state index contributed by atoms with van der Waals surface area (Å²) >= 11 is 12.2. The summed E-state index contributed by atoms with van der Waals surface area (Å²) < 4.78 is 38.2.